The molecule has 18 heavy (non-hydrogen) atoms. The van der Waals surface area contributed by atoms with Gasteiger partial charge >= 0.3 is 0 Å². The number of ether oxygens (including phenoxy) is 1. The van der Waals surface area contributed by atoms with E-state index in [2.05, 4.69) is 45.1 Å². The average Bonchev–Trinajstić information content (AvgIpc) is 2.37. The van der Waals surface area contributed by atoms with Gasteiger partial charge in [0.25, 0.3) is 0 Å². The molecule has 0 aliphatic heterocycles. The molecule has 0 fully saturated rings. The highest BCUT2D eigenvalue weighted by Crippen LogP contribution is 2.26. The first kappa shape index (κ1) is 15.0. The quantitative estimate of drug-likeness (QED) is 0.783. The minimum Gasteiger partial charge on any atom is -0.494 e. The van der Waals surface area contributed by atoms with Crippen LogP contribution in [0.25, 0.3) is 0 Å². The predicted molar refractivity (Wildman–Crippen MR) is 78.1 cm³/mol. The summed E-state index contributed by atoms with van der Waals surface area (Å²) in [4.78, 5) is 0. The van der Waals surface area contributed by atoms with E-state index in [1.807, 2.05) is 19.1 Å². The van der Waals surface area contributed by atoms with E-state index in [1.165, 1.54) is 12.0 Å². The predicted octanol–water partition coefficient (Wildman–Crippen LogP) is 4.17. The second-order valence-electron chi connectivity index (χ2n) is 5.59. The lowest BCUT2D eigenvalue weighted by molar-refractivity contribution is 0.305. The third-order valence-electron chi connectivity index (χ3n) is 3.53. The van der Waals surface area contributed by atoms with Gasteiger partial charge in [0.1, 0.15) is 5.75 Å². The smallest absolute Gasteiger partial charge is 0.124 e. The second-order valence-corrected chi connectivity index (χ2v) is 5.59. The van der Waals surface area contributed by atoms with Crippen LogP contribution in [-0.2, 0) is 0 Å². The Labute approximate surface area is 112 Å². The molecule has 0 bridgehead atoms. The van der Waals surface area contributed by atoms with Crippen LogP contribution in [0.5, 0.6) is 5.75 Å². The molecule has 0 aliphatic rings. The van der Waals surface area contributed by atoms with Crippen LogP contribution in [0.3, 0.4) is 0 Å². The van der Waals surface area contributed by atoms with Crippen LogP contribution in [0, 0.1) is 5.41 Å². The lowest BCUT2D eigenvalue weighted by atomic mass is 9.90. The molecule has 2 heteroatoms. The van der Waals surface area contributed by atoms with Gasteiger partial charge in [0.2, 0.25) is 0 Å². The third kappa shape index (κ3) is 4.34. The molecule has 0 aliphatic carbocycles. The Kier molecular flexibility index (Phi) is 5.67. The standard InChI is InChI=1S/C16H27NO/c1-6-16(4,5)12-17-13(3)14-10-8-9-11-15(14)18-7-2/h8-11,13,17H,6-7,12H2,1-5H3. The molecule has 0 radical (unpaired) electrons. The Bertz CT molecular complexity index is 360. The Morgan fingerprint density at radius 3 is 2.50 bits per heavy atom. The van der Waals surface area contributed by atoms with Gasteiger partial charge in [0, 0.05) is 18.2 Å². The summed E-state index contributed by atoms with van der Waals surface area (Å²) in [5, 5.41) is 3.61. The zero-order valence-electron chi connectivity index (χ0n) is 12.4. The fourth-order valence-electron chi connectivity index (χ4n) is 1.79. The summed E-state index contributed by atoms with van der Waals surface area (Å²) in [5.74, 6) is 0.995. The van der Waals surface area contributed by atoms with Gasteiger partial charge in [-0.15, -0.1) is 0 Å². The van der Waals surface area contributed by atoms with Crippen LogP contribution in [0.15, 0.2) is 24.3 Å². The number of nitrogens with one attached hydrogen (secondary N) is 1. The molecule has 2 nitrogen and oxygen atoms in total. The molecule has 1 aromatic carbocycles. The van der Waals surface area contributed by atoms with E-state index in [1.54, 1.807) is 0 Å². The number of rotatable bonds is 7. The summed E-state index contributed by atoms with van der Waals surface area (Å²) in [7, 11) is 0. The lowest BCUT2D eigenvalue weighted by Crippen LogP contribution is -2.31. The minimum absolute atomic E-state index is 0.318. The first-order chi connectivity index (χ1) is 8.50. The molecular formula is C16H27NO. The van der Waals surface area contributed by atoms with Gasteiger partial charge in [0.05, 0.1) is 6.61 Å². The van der Waals surface area contributed by atoms with Gasteiger partial charge < -0.3 is 10.1 Å². The van der Waals surface area contributed by atoms with Crippen molar-refractivity contribution in [1.29, 1.82) is 0 Å². The van der Waals surface area contributed by atoms with Crippen molar-refractivity contribution in [2.24, 2.45) is 5.41 Å². The molecule has 0 saturated carbocycles. The first-order valence-corrected chi connectivity index (χ1v) is 6.95. The highest BCUT2D eigenvalue weighted by atomic mass is 16.5. The number of para-hydroxylation sites is 1. The summed E-state index contributed by atoms with van der Waals surface area (Å²) < 4.78 is 5.68. The van der Waals surface area contributed by atoms with Crippen LogP contribution in [-0.4, -0.2) is 13.2 Å². The molecule has 102 valence electrons. The number of hydrogen-bond donors (Lipinski definition) is 1. The normalized spacial score (nSPS) is 13.4. The first-order valence-electron chi connectivity index (χ1n) is 6.95. The fraction of sp³-hybridized carbons (Fsp3) is 0.625. The van der Waals surface area contributed by atoms with E-state index in [4.69, 9.17) is 4.74 Å². The van der Waals surface area contributed by atoms with E-state index >= 15 is 0 Å². The maximum absolute atomic E-state index is 5.68. The van der Waals surface area contributed by atoms with Crippen molar-refractivity contribution >= 4 is 0 Å². The second kappa shape index (κ2) is 6.79. The summed E-state index contributed by atoms with van der Waals surface area (Å²) >= 11 is 0. The van der Waals surface area contributed by atoms with Crippen molar-refractivity contribution in [2.75, 3.05) is 13.2 Å². The lowest BCUT2D eigenvalue weighted by Gasteiger charge is -2.26. The van der Waals surface area contributed by atoms with Crippen molar-refractivity contribution < 1.29 is 4.74 Å². The highest BCUT2D eigenvalue weighted by Gasteiger charge is 2.17. The van der Waals surface area contributed by atoms with E-state index in [9.17, 15) is 0 Å². The monoisotopic (exact) mass is 249 g/mol. The molecule has 1 aromatic rings. The van der Waals surface area contributed by atoms with Crippen LogP contribution in [0.4, 0.5) is 0 Å². The number of hydrogen-bond acceptors (Lipinski definition) is 2. The maximum Gasteiger partial charge on any atom is 0.124 e. The topological polar surface area (TPSA) is 21.3 Å². The van der Waals surface area contributed by atoms with Crippen molar-refractivity contribution in [2.45, 2.75) is 47.1 Å². The summed E-state index contributed by atoms with van der Waals surface area (Å²) in [6.07, 6.45) is 1.18. The van der Waals surface area contributed by atoms with E-state index < -0.39 is 0 Å². The van der Waals surface area contributed by atoms with Gasteiger partial charge in [-0.2, -0.15) is 0 Å². The van der Waals surface area contributed by atoms with Crippen molar-refractivity contribution in [3.8, 4) is 5.75 Å². The van der Waals surface area contributed by atoms with Crippen molar-refractivity contribution in [3.05, 3.63) is 29.8 Å². The van der Waals surface area contributed by atoms with Gasteiger partial charge in [0.15, 0.2) is 0 Å². The van der Waals surface area contributed by atoms with Gasteiger partial charge in [-0.3, -0.25) is 0 Å². The molecule has 1 atom stereocenters. The van der Waals surface area contributed by atoms with E-state index in [0.717, 1.165) is 12.3 Å². The Morgan fingerprint density at radius 2 is 1.89 bits per heavy atom. The molecular weight excluding hydrogens is 222 g/mol. The molecule has 1 rings (SSSR count). The molecule has 0 spiro atoms. The van der Waals surface area contributed by atoms with Crippen molar-refractivity contribution in [3.63, 3.8) is 0 Å². The third-order valence-corrected chi connectivity index (χ3v) is 3.53. The van der Waals surface area contributed by atoms with Gasteiger partial charge in [-0.25, -0.2) is 0 Å². The molecule has 0 amide bonds. The van der Waals surface area contributed by atoms with Crippen molar-refractivity contribution in [1.82, 2.24) is 5.32 Å². The highest BCUT2D eigenvalue weighted by molar-refractivity contribution is 5.35. The molecule has 0 heterocycles. The van der Waals surface area contributed by atoms with E-state index in [-0.39, 0.29) is 0 Å². The Balaban J connectivity index is 2.69. The van der Waals surface area contributed by atoms with Crippen LogP contribution in [0.2, 0.25) is 0 Å². The van der Waals surface area contributed by atoms with Crippen LogP contribution in [0.1, 0.15) is 52.6 Å². The summed E-state index contributed by atoms with van der Waals surface area (Å²) in [6, 6.07) is 8.60. The maximum atomic E-state index is 5.68. The van der Waals surface area contributed by atoms with Gasteiger partial charge in [-0.05, 0) is 31.7 Å². The molecule has 1 N–H and O–H groups in total. The van der Waals surface area contributed by atoms with E-state index in [0.29, 0.717) is 18.1 Å². The largest absolute Gasteiger partial charge is 0.494 e. The molecule has 1 unspecified atom stereocenters. The number of benzene rings is 1. The Hall–Kier alpha value is -1.02. The molecule has 0 aromatic heterocycles. The molecule has 0 saturated heterocycles. The SMILES string of the molecule is CCOc1ccccc1C(C)NCC(C)(C)CC. The Morgan fingerprint density at radius 1 is 1.22 bits per heavy atom. The fourth-order valence-corrected chi connectivity index (χ4v) is 1.79. The minimum atomic E-state index is 0.318. The van der Waals surface area contributed by atoms with Crippen LogP contribution < -0.4 is 10.1 Å². The summed E-state index contributed by atoms with van der Waals surface area (Å²) in [5.41, 5.74) is 1.58. The summed E-state index contributed by atoms with van der Waals surface area (Å²) in [6.45, 7) is 12.8. The van der Waals surface area contributed by atoms with Crippen LogP contribution >= 0.6 is 0 Å². The zero-order chi connectivity index (χ0) is 13.6. The average molecular weight is 249 g/mol. The van der Waals surface area contributed by atoms with Gasteiger partial charge in [-0.1, -0.05) is 39.0 Å². The zero-order valence-corrected chi connectivity index (χ0v) is 12.4.